The van der Waals surface area contributed by atoms with Gasteiger partial charge in [-0.1, -0.05) is 29.8 Å². The average molecular weight is 340 g/mol. The fourth-order valence-corrected chi connectivity index (χ4v) is 2.05. The van der Waals surface area contributed by atoms with Gasteiger partial charge in [-0.25, -0.2) is 4.79 Å². The summed E-state index contributed by atoms with van der Waals surface area (Å²) in [5.41, 5.74) is 1.52. The van der Waals surface area contributed by atoms with Crippen LogP contribution in [-0.4, -0.2) is 23.9 Å². The first-order valence-electron chi connectivity index (χ1n) is 7.33. The first kappa shape index (κ1) is 17.9. The molecule has 0 aliphatic carbocycles. The number of benzene rings is 2. The van der Waals surface area contributed by atoms with Gasteiger partial charge in [0.15, 0.2) is 0 Å². The lowest BCUT2D eigenvalue weighted by molar-refractivity contribution is -0.384. The highest BCUT2D eigenvalue weighted by molar-refractivity contribution is 6.03. The molecule has 128 valence electrons. The first-order valence-corrected chi connectivity index (χ1v) is 7.33. The summed E-state index contributed by atoms with van der Waals surface area (Å²) in [6, 6.07) is 12.5. The molecule has 0 radical (unpaired) electrons. The maximum Gasteiger partial charge on any atom is 0.354 e. The van der Waals surface area contributed by atoms with Gasteiger partial charge in [-0.15, -0.1) is 0 Å². The number of aryl methyl sites for hydroxylation is 1. The van der Waals surface area contributed by atoms with E-state index in [0.717, 1.165) is 5.56 Å². The van der Waals surface area contributed by atoms with E-state index >= 15 is 0 Å². The Morgan fingerprint density at radius 3 is 2.44 bits per heavy atom. The molecule has 0 fully saturated rings. The topological polar surface area (TPSA) is 98.5 Å². The van der Waals surface area contributed by atoms with Crippen molar-refractivity contribution in [3.05, 3.63) is 81.0 Å². The number of nitro groups is 1. The normalized spacial score (nSPS) is 10.9. The number of carbonyl (C=O) groups excluding carboxylic acids is 2. The van der Waals surface area contributed by atoms with Crippen LogP contribution in [0.1, 0.15) is 21.5 Å². The molecule has 2 aromatic carbocycles. The van der Waals surface area contributed by atoms with Gasteiger partial charge >= 0.3 is 5.97 Å². The summed E-state index contributed by atoms with van der Waals surface area (Å²) in [4.78, 5) is 34.5. The van der Waals surface area contributed by atoms with Crippen molar-refractivity contribution in [3.8, 4) is 0 Å². The highest BCUT2D eigenvalue weighted by Gasteiger charge is 2.15. The smallest absolute Gasteiger partial charge is 0.354 e. The summed E-state index contributed by atoms with van der Waals surface area (Å²) < 4.78 is 4.66. The molecule has 1 N–H and O–H groups in total. The number of nitrogens with one attached hydrogen (secondary N) is 1. The lowest BCUT2D eigenvalue weighted by Gasteiger charge is -2.08. The van der Waals surface area contributed by atoms with Crippen LogP contribution in [0.5, 0.6) is 0 Å². The van der Waals surface area contributed by atoms with Crippen LogP contribution < -0.4 is 5.32 Å². The van der Waals surface area contributed by atoms with Gasteiger partial charge in [0.2, 0.25) is 0 Å². The number of hydrogen-bond donors (Lipinski definition) is 1. The molecule has 1 amide bonds. The zero-order valence-electron chi connectivity index (χ0n) is 13.7. The third kappa shape index (κ3) is 4.74. The van der Waals surface area contributed by atoms with E-state index in [4.69, 9.17) is 0 Å². The van der Waals surface area contributed by atoms with Crippen LogP contribution in [0.25, 0.3) is 6.08 Å². The van der Waals surface area contributed by atoms with E-state index in [0.29, 0.717) is 11.1 Å². The predicted molar refractivity (Wildman–Crippen MR) is 91.7 cm³/mol. The molecule has 7 nitrogen and oxygen atoms in total. The van der Waals surface area contributed by atoms with E-state index in [9.17, 15) is 19.7 Å². The third-order valence-corrected chi connectivity index (χ3v) is 3.36. The van der Waals surface area contributed by atoms with E-state index in [2.05, 4.69) is 10.1 Å². The Morgan fingerprint density at radius 1 is 1.16 bits per heavy atom. The van der Waals surface area contributed by atoms with E-state index in [1.165, 1.54) is 31.4 Å². The molecule has 0 heterocycles. The van der Waals surface area contributed by atoms with Crippen molar-refractivity contribution in [3.63, 3.8) is 0 Å². The minimum atomic E-state index is -0.757. The van der Waals surface area contributed by atoms with Crippen molar-refractivity contribution in [1.29, 1.82) is 0 Å². The number of amides is 1. The van der Waals surface area contributed by atoms with Crippen molar-refractivity contribution in [2.75, 3.05) is 7.11 Å². The Hall–Kier alpha value is -3.48. The Kier molecular flexibility index (Phi) is 5.62. The molecule has 2 aromatic rings. The molecule has 2 rings (SSSR count). The fraction of sp³-hybridized carbons (Fsp3) is 0.111. The van der Waals surface area contributed by atoms with Crippen LogP contribution in [0.3, 0.4) is 0 Å². The average Bonchev–Trinajstić information content (AvgIpc) is 2.61. The molecule has 0 unspecified atom stereocenters. The number of nitro benzene ring substituents is 1. The molecule has 0 aromatic heterocycles. The van der Waals surface area contributed by atoms with Gasteiger partial charge in [0.1, 0.15) is 5.70 Å². The summed E-state index contributed by atoms with van der Waals surface area (Å²) in [6.45, 7) is 1.89. The summed E-state index contributed by atoms with van der Waals surface area (Å²) in [5.74, 6) is -1.24. The van der Waals surface area contributed by atoms with Crippen molar-refractivity contribution in [1.82, 2.24) is 5.32 Å². The van der Waals surface area contributed by atoms with Crippen LogP contribution in [0, 0.1) is 17.0 Å². The second kappa shape index (κ2) is 7.87. The summed E-state index contributed by atoms with van der Waals surface area (Å²) in [6.07, 6.45) is 1.32. The van der Waals surface area contributed by atoms with E-state index in [1.807, 2.05) is 6.92 Å². The number of ether oxygens (including phenoxy) is 1. The molecule has 0 aliphatic heterocycles. The van der Waals surface area contributed by atoms with Crippen LogP contribution in [0.2, 0.25) is 0 Å². The van der Waals surface area contributed by atoms with Crippen LogP contribution in [0.15, 0.2) is 54.2 Å². The van der Waals surface area contributed by atoms with Crippen molar-refractivity contribution >= 4 is 23.6 Å². The van der Waals surface area contributed by atoms with Crippen molar-refractivity contribution < 1.29 is 19.2 Å². The van der Waals surface area contributed by atoms with Gasteiger partial charge in [0, 0.05) is 17.7 Å². The molecule has 0 bridgehead atoms. The lowest BCUT2D eigenvalue weighted by atomic mass is 10.1. The number of methoxy groups -OCH3 is 1. The second-order valence-corrected chi connectivity index (χ2v) is 5.22. The lowest BCUT2D eigenvalue weighted by Crippen LogP contribution is -2.28. The second-order valence-electron chi connectivity index (χ2n) is 5.22. The molecule has 0 saturated heterocycles. The number of rotatable bonds is 5. The highest BCUT2D eigenvalue weighted by atomic mass is 16.6. The minimum Gasteiger partial charge on any atom is -0.464 e. The molecule has 0 atom stereocenters. The zero-order chi connectivity index (χ0) is 18.4. The maximum atomic E-state index is 12.3. The standard InChI is InChI=1S/C18H16N2O5/c1-12-6-8-14(9-7-12)17(21)19-16(18(22)25-2)11-13-4-3-5-15(10-13)20(23)24/h3-11H,1-2H3,(H,19,21). The van der Waals surface area contributed by atoms with E-state index < -0.39 is 16.8 Å². The fourth-order valence-electron chi connectivity index (χ4n) is 2.05. The number of hydrogen-bond acceptors (Lipinski definition) is 5. The molecule has 25 heavy (non-hydrogen) atoms. The Labute approximate surface area is 144 Å². The Balaban J connectivity index is 2.31. The van der Waals surface area contributed by atoms with Gasteiger partial charge in [0.05, 0.1) is 12.0 Å². The molecular formula is C18H16N2O5. The SMILES string of the molecule is COC(=O)C(=Cc1cccc([N+](=O)[O-])c1)NC(=O)c1ccc(C)cc1. The van der Waals surface area contributed by atoms with Crippen molar-refractivity contribution in [2.45, 2.75) is 6.92 Å². The van der Waals surface area contributed by atoms with Gasteiger partial charge in [-0.05, 0) is 30.7 Å². The number of carbonyl (C=O) groups is 2. The Bertz CT molecular complexity index is 841. The highest BCUT2D eigenvalue weighted by Crippen LogP contribution is 2.16. The largest absolute Gasteiger partial charge is 0.464 e. The van der Waals surface area contributed by atoms with E-state index in [-0.39, 0.29) is 11.4 Å². The first-order chi connectivity index (χ1) is 11.9. The third-order valence-electron chi connectivity index (χ3n) is 3.36. The predicted octanol–water partition coefficient (Wildman–Crippen LogP) is 2.85. The number of esters is 1. The summed E-state index contributed by atoms with van der Waals surface area (Å²) in [7, 11) is 1.18. The van der Waals surface area contributed by atoms with E-state index in [1.54, 1.807) is 30.3 Å². The van der Waals surface area contributed by atoms with Crippen LogP contribution in [-0.2, 0) is 9.53 Å². The Morgan fingerprint density at radius 2 is 1.84 bits per heavy atom. The molecule has 0 spiro atoms. The number of non-ortho nitro benzene ring substituents is 1. The maximum absolute atomic E-state index is 12.3. The molecular weight excluding hydrogens is 324 g/mol. The monoisotopic (exact) mass is 340 g/mol. The quantitative estimate of drug-likeness (QED) is 0.390. The van der Waals surface area contributed by atoms with Crippen LogP contribution >= 0.6 is 0 Å². The molecule has 0 aliphatic rings. The zero-order valence-corrected chi connectivity index (χ0v) is 13.7. The van der Waals surface area contributed by atoms with Gasteiger partial charge < -0.3 is 10.1 Å². The molecule has 0 saturated carbocycles. The van der Waals surface area contributed by atoms with Gasteiger partial charge in [0.25, 0.3) is 11.6 Å². The number of nitrogens with zero attached hydrogens (tertiary/aromatic N) is 1. The van der Waals surface area contributed by atoms with Crippen molar-refractivity contribution in [2.24, 2.45) is 0 Å². The summed E-state index contributed by atoms with van der Waals surface area (Å²) in [5, 5.41) is 13.3. The van der Waals surface area contributed by atoms with Crippen LogP contribution in [0.4, 0.5) is 5.69 Å². The summed E-state index contributed by atoms with van der Waals surface area (Å²) >= 11 is 0. The molecule has 7 heteroatoms. The minimum absolute atomic E-state index is 0.117. The van der Waals surface area contributed by atoms with Gasteiger partial charge in [-0.2, -0.15) is 0 Å². The van der Waals surface area contributed by atoms with Gasteiger partial charge in [-0.3, -0.25) is 14.9 Å².